The van der Waals surface area contributed by atoms with Gasteiger partial charge in [-0.25, -0.2) is 9.50 Å². The molecule has 5 heteroatoms. The molecule has 0 bridgehead atoms. The third kappa shape index (κ3) is 1.33. The van der Waals surface area contributed by atoms with E-state index in [0.29, 0.717) is 5.65 Å². The van der Waals surface area contributed by atoms with Crippen molar-refractivity contribution in [2.75, 3.05) is 5.75 Å². The maximum atomic E-state index is 11.4. The number of aromatic amines is 1. The van der Waals surface area contributed by atoms with Gasteiger partial charge >= 0.3 is 0 Å². The summed E-state index contributed by atoms with van der Waals surface area (Å²) in [7, 11) is 0. The molecule has 0 atom stereocenters. The van der Waals surface area contributed by atoms with Crippen molar-refractivity contribution in [1.82, 2.24) is 14.6 Å². The average molecular weight is 209 g/mol. The SMILES string of the molecule is CCSc1[nH]n2c(=O)ccnc2c1C. The minimum absolute atomic E-state index is 0.0685. The zero-order chi connectivity index (χ0) is 10.1. The van der Waals surface area contributed by atoms with Crippen molar-refractivity contribution < 1.29 is 0 Å². The van der Waals surface area contributed by atoms with Crippen LogP contribution in [0.4, 0.5) is 0 Å². The zero-order valence-electron chi connectivity index (χ0n) is 8.07. The molecule has 1 N–H and O–H groups in total. The Balaban J connectivity index is 2.73. The van der Waals surface area contributed by atoms with Crippen molar-refractivity contribution in [2.45, 2.75) is 18.9 Å². The topological polar surface area (TPSA) is 50.2 Å². The summed E-state index contributed by atoms with van der Waals surface area (Å²) in [5.41, 5.74) is 1.68. The second-order valence-corrected chi connectivity index (χ2v) is 4.22. The van der Waals surface area contributed by atoms with Crippen molar-refractivity contribution >= 4 is 17.4 Å². The summed E-state index contributed by atoms with van der Waals surface area (Å²) < 4.78 is 1.48. The Bertz CT molecular complexity index is 514. The zero-order valence-corrected chi connectivity index (χ0v) is 8.89. The number of aryl methyl sites for hydroxylation is 1. The van der Waals surface area contributed by atoms with E-state index in [1.807, 2.05) is 6.92 Å². The molecular weight excluding hydrogens is 198 g/mol. The van der Waals surface area contributed by atoms with Crippen LogP contribution in [0.25, 0.3) is 5.65 Å². The fourth-order valence-electron chi connectivity index (χ4n) is 1.35. The molecule has 0 radical (unpaired) electrons. The molecule has 0 unspecified atom stereocenters. The van der Waals surface area contributed by atoms with E-state index in [1.54, 1.807) is 18.0 Å². The first kappa shape index (κ1) is 9.33. The van der Waals surface area contributed by atoms with Gasteiger partial charge in [0.25, 0.3) is 5.56 Å². The largest absolute Gasteiger partial charge is 0.283 e. The van der Waals surface area contributed by atoms with E-state index in [1.165, 1.54) is 10.6 Å². The molecule has 0 aromatic carbocycles. The number of rotatable bonds is 2. The van der Waals surface area contributed by atoms with Gasteiger partial charge in [-0.05, 0) is 12.7 Å². The molecule has 0 aliphatic heterocycles. The molecule has 0 fully saturated rings. The van der Waals surface area contributed by atoms with Crippen LogP contribution in [0.3, 0.4) is 0 Å². The number of H-pyrrole nitrogens is 1. The first-order chi connectivity index (χ1) is 6.74. The van der Waals surface area contributed by atoms with Crippen molar-refractivity contribution in [2.24, 2.45) is 0 Å². The second kappa shape index (κ2) is 3.49. The highest BCUT2D eigenvalue weighted by molar-refractivity contribution is 7.99. The number of aromatic nitrogens is 3. The highest BCUT2D eigenvalue weighted by Crippen LogP contribution is 2.21. The number of hydrogen-bond donors (Lipinski definition) is 1. The van der Waals surface area contributed by atoms with Crippen molar-refractivity contribution in [3.63, 3.8) is 0 Å². The molecule has 2 rings (SSSR count). The number of nitrogens with zero attached hydrogens (tertiary/aromatic N) is 2. The Morgan fingerprint density at radius 2 is 2.43 bits per heavy atom. The molecule has 14 heavy (non-hydrogen) atoms. The maximum absolute atomic E-state index is 11.4. The van der Waals surface area contributed by atoms with E-state index in [4.69, 9.17) is 0 Å². The lowest BCUT2D eigenvalue weighted by Crippen LogP contribution is -2.12. The summed E-state index contributed by atoms with van der Waals surface area (Å²) in [6, 6.07) is 1.45. The quantitative estimate of drug-likeness (QED) is 0.761. The predicted octanol–water partition coefficient (Wildman–Crippen LogP) is 1.44. The maximum Gasteiger partial charge on any atom is 0.272 e. The third-order valence-electron chi connectivity index (χ3n) is 2.02. The lowest BCUT2D eigenvalue weighted by atomic mass is 10.4. The van der Waals surface area contributed by atoms with Crippen LogP contribution in [-0.4, -0.2) is 20.4 Å². The van der Waals surface area contributed by atoms with Gasteiger partial charge < -0.3 is 0 Å². The first-order valence-electron chi connectivity index (χ1n) is 4.43. The summed E-state index contributed by atoms with van der Waals surface area (Å²) >= 11 is 1.68. The minimum atomic E-state index is -0.0685. The smallest absolute Gasteiger partial charge is 0.272 e. The van der Waals surface area contributed by atoms with E-state index in [9.17, 15) is 4.79 Å². The monoisotopic (exact) mass is 209 g/mol. The molecule has 2 aromatic rings. The van der Waals surface area contributed by atoms with Crippen molar-refractivity contribution in [1.29, 1.82) is 0 Å². The van der Waals surface area contributed by atoms with Gasteiger partial charge in [0.05, 0.1) is 5.03 Å². The van der Waals surface area contributed by atoms with Gasteiger partial charge in [0, 0.05) is 17.8 Å². The molecule has 74 valence electrons. The van der Waals surface area contributed by atoms with Gasteiger partial charge in [0.1, 0.15) is 0 Å². The second-order valence-electron chi connectivity index (χ2n) is 2.94. The number of fused-ring (bicyclic) bond motifs is 1. The van der Waals surface area contributed by atoms with Crippen LogP contribution in [0.1, 0.15) is 12.5 Å². The van der Waals surface area contributed by atoms with E-state index in [-0.39, 0.29) is 5.56 Å². The van der Waals surface area contributed by atoms with E-state index in [0.717, 1.165) is 16.3 Å². The Labute approximate surface area is 85.3 Å². The fraction of sp³-hybridized carbons (Fsp3) is 0.333. The number of nitrogens with one attached hydrogen (secondary N) is 1. The van der Waals surface area contributed by atoms with E-state index >= 15 is 0 Å². The molecule has 0 amide bonds. The van der Waals surface area contributed by atoms with Crippen LogP contribution in [0.5, 0.6) is 0 Å². The molecule has 2 heterocycles. The summed E-state index contributed by atoms with van der Waals surface area (Å²) in [4.78, 5) is 15.6. The van der Waals surface area contributed by atoms with Crippen LogP contribution >= 0.6 is 11.8 Å². The molecule has 4 nitrogen and oxygen atoms in total. The Morgan fingerprint density at radius 1 is 1.64 bits per heavy atom. The van der Waals surface area contributed by atoms with Crippen molar-refractivity contribution in [3.05, 3.63) is 28.2 Å². The van der Waals surface area contributed by atoms with Crippen LogP contribution in [0.15, 0.2) is 22.1 Å². The Kier molecular flexibility index (Phi) is 2.33. The van der Waals surface area contributed by atoms with Gasteiger partial charge in [-0.3, -0.25) is 9.89 Å². The summed E-state index contributed by atoms with van der Waals surface area (Å²) in [6.45, 7) is 4.04. The number of thioether (sulfide) groups is 1. The Morgan fingerprint density at radius 3 is 3.07 bits per heavy atom. The molecule has 0 aliphatic rings. The van der Waals surface area contributed by atoms with Crippen LogP contribution in [0, 0.1) is 6.92 Å². The first-order valence-corrected chi connectivity index (χ1v) is 5.41. The molecule has 0 saturated carbocycles. The third-order valence-corrected chi connectivity index (χ3v) is 3.00. The van der Waals surface area contributed by atoms with E-state index in [2.05, 4.69) is 17.0 Å². The lowest BCUT2D eigenvalue weighted by molar-refractivity contribution is 0.854. The van der Waals surface area contributed by atoms with Gasteiger partial charge in [-0.2, -0.15) is 0 Å². The van der Waals surface area contributed by atoms with Gasteiger partial charge in [-0.15, -0.1) is 11.8 Å². The van der Waals surface area contributed by atoms with Gasteiger partial charge in [0.2, 0.25) is 0 Å². The molecule has 0 aliphatic carbocycles. The highest BCUT2D eigenvalue weighted by Gasteiger charge is 2.08. The summed E-state index contributed by atoms with van der Waals surface area (Å²) in [6.07, 6.45) is 1.54. The minimum Gasteiger partial charge on any atom is -0.283 e. The average Bonchev–Trinajstić information content (AvgIpc) is 2.48. The summed E-state index contributed by atoms with van der Waals surface area (Å²) in [5.74, 6) is 0.975. The standard InChI is InChI=1S/C9H11N3OS/c1-3-14-9-6(2)8-10-5-4-7(13)12(8)11-9/h4-5,11H,3H2,1-2H3. The Hall–Kier alpha value is -1.23. The molecule has 2 aromatic heterocycles. The number of hydrogen-bond acceptors (Lipinski definition) is 3. The van der Waals surface area contributed by atoms with E-state index < -0.39 is 0 Å². The van der Waals surface area contributed by atoms with Crippen LogP contribution < -0.4 is 5.56 Å². The van der Waals surface area contributed by atoms with Crippen LogP contribution in [0.2, 0.25) is 0 Å². The molecule has 0 saturated heterocycles. The molecule has 0 spiro atoms. The van der Waals surface area contributed by atoms with Gasteiger partial charge in [-0.1, -0.05) is 6.92 Å². The lowest BCUT2D eigenvalue weighted by Gasteiger charge is -1.92. The van der Waals surface area contributed by atoms with Crippen molar-refractivity contribution in [3.8, 4) is 0 Å². The fourth-order valence-corrected chi connectivity index (χ4v) is 2.10. The van der Waals surface area contributed by atoms with Gasteiger partial charge in [0.15, 0.2) is 5.65 Å². The predicted molar refractivity (Wildman–Crippen MR) is 56.9 cm³/mol. The molecular formula is C9H11N3OS. The summed E-state index contributed by atoms with van der Waals surface area (Å²) in [5, 5.41) is 4.05. The normalized spacial score (nSPS) is 11.0. The van der Waals surface area contributed by atoms with Crippen LogP contribution in [-0.2, 0) is 0 Å². The highest BCUT2D eigenvalue weighted by atomic mass is 32.2.